The molecule has 0 aliphatic heterocycles. The molecule has 1 N–H and O–H groups in total. The van der Waals surface area contributed by atoms with Gasteiger partial charge in [-0.15, -0.1) is 5.10 Å². The second kappa shape index (κ2) is 5.53. The summed E-state index contributed by atoms with van der Waals surface area (Å²) in [6.45, 7) is 0.659. The van der Waals surface area contributed by atoms with Crippen molar-refractivity contribution in [3.05, 3.63) is 72.4 Å². The smallest absolute Gasteiger partial charge is 0.141 e. The van der Waals surface area contributed by atoms with Gasteiger partial charge in [0.2, 0.25) is 0 Å². The van der Waals surface area contributed by atoms with E-state index >= 15 is 0 Å². The molecule has 4 aromatic rings. The minimum Gasteiger partial charge on any atom is -0.506 e. The molecule has 112 valence electrons. The molecule has 0 amide bonds. The van der Waals surface area contributed by atoms with Gasteiger partial charge in [-0.05, 0) is 17.7 Å². The molecule has 5 heteroatoms. The van der Waals surface area contributed by atoms with Gasteiger partial charge >= 0.3 is 0 Å². The lowest BCUT2D eigenvalue weighted by Crippen LogP contribution is -1.99. The van der Waals surface area contributed by atoms with Crippen molar-refractivity contribution >= 4 is 10.9 Å². The summed E-state index contributed by atoms with van der Waals surface area (Å²) in [5.74, 6) is 0.168. The summed E-state index contributed by atoms with van der Waals surface area (Å²) in [4.78, 5) is 4.50. The Kier molecular flexibility index (Phi) is 3.24. The first-order valence-corrected chi connectivity index (χ1v) is 7.33. The van der Waals surface area contributed by atoms with Gasteiger partial charge in [-0.1, -0.05) is 53.7 Å². The van der Waals surface area contributed by atoms with Crippen LogP contribution in [0.1, 0.15) is 5.56 Å². The van der Waals surface area contributed by atoms with Crippen molar-refractivity contribution in [3.8, 4) is 17.1 Å². The molecule has 2 aromatic heterocycles. The van der Waals surface area contributed by atoms with E-state index in [0.717, 1.165) is 10.9 Å². The fourth-order valence-corrected chi connectivity index (χ4v) is 2.54. The molecule has 23 heavy (non-hydrogen) atoms. The zero-order valence-electron chi connectivity index (χ0n) is 12.3. The molecule has 0 fully saturated rings. The maximum atomic E-state index is 9.94. The number of nitrogens with zero attached hydrogens (tertiary/aromatic N) is 4. The molecule has 0 unspecified atom stereocenters. The standard InChI is InChI=1S/C18H14N4O/c23-17-8-4-7-14-9-10-15(19-18(14)17)16-12-22(21-20-16)11-13-5-2-1-3-6-13/h1-10,12,23H,11H2. The van der Waals surface area contributed by atoms with E-state index in [1.807, 2.05) is 54.7 Å². The van der Waals surface area contributed by atoms with E-state index in [9.17, 15) is 5.11 Å². The average Bonchev–Trinajstić information content (AvgIpc) is 3.04. The average molecular weight is 302 g/mol. The molecule has 0 spiro atoms. The number of aromatic hydroxyl groups is 1. The Bertz CT molecular complexity index is 963. The summed E-state index contributed by atoms with van der Waals surface area (Å²) >= 11 is 0. The number of phenols is 1. The Hall–Kier alpha value is -3.21. The summed E-state index contributed by atoms with van der Waals surface area (Å²) in [6, 6.07) is 19.2. The number of pyridine rings is 1. The Balaban J connectivity index is 1.67. The minimum absolute atomic E-state index is 0.168. The van der Waals surface area contributed by atoms with Gasteiger partial charge in [0.15, 0.2) is 0 Å². The largest absolute Gasteiger partial charge is 0.506 e. The van der Waals surface area contributed by atoms with Crippen LogP contribution in [0, 0.1) is 0 Å². The number of fused-ring (bicyclic) bond motifs is 1. The van der Waals surface area contributed by atoms with E-state index in [0.29, 0.717) is 23.4 Å². The van der Waals surface area contributed by atoms with Crippen LogP contribution in [0.15, 0.2) is 66.9 Å². The van der Waals surface area contributed by atoms with Crippen molar-refractivity contribution in [1.29, 1.82) is 0 Å². The van der Waals surface area contributed by atoms with Gasteiger partial charge in [0.05, 0.1) is 18.4 Å². The Morgan fingerprint density at radius 1 is 0.870 bits per heavy atom. The van der Waals surface area contributed by atoms with Gasteiger partial charge in [0, 0.05) is 5.39 Å². The van der Waals surface area contributed by atoms with Gasteiger partial charge in [0.25, 0.3) is 0 Å². The fraction of sp³-hybridized carbons (Fsp3) is 0.0556. The quantitative estimate of drug-likeness (QED) is 0.631. The molecule has 0 aliphatic carbocycles. The molecule has 0 radical (unpaired) electrons. The predicted molar refractivity (Wildman–Crippen MR) is 88.0 cm³/mol. The third kappa shape index (κ3) is 2.64. The Morgan fingerprint density at radius 2 is 1.74 bits per heavy atom. The van der Waals surface area contributed by atoms with E-state index in [-0.39, 0.29) is 5.75 Å². The maximum Gasteiger partial charge on any atom is 0.141 e. The predicted octanol–water partition coefficient (Wildman–Crippen LogP) is 3.25. The highest BCUT2D eigenvalue weighted by atomic mass is 16.3. The molecule has 0 saturated heterocycles. The summed E-state index contributed by atoms with van der Waals surface area (Å²) in [5, 5.41) is 19.2. The van der Waals surface area contributed by atoms with E-state index in [1.54, 1.807) is 16.8 Å². The SMILES string of the molecule is Oc1cccc2ccc(-c3cn(Cc4ccccc4)nn3)nc12. The maximum absolute atomic E-state index is 9.94. The van der Waals surface area contributed by atoms with Crippen LogP contribution in [0.4, 0.5) is 0 Å². The second-order valence-corrected chi connectivity index (χ2v) is 5.33. The minimum atomic E-state index is 0.168. The van der Waals surface area contributed by atoms with Crippen molar-refractivity contribution in [1.82, 2.24) is 20.0 Å². The molecule has 2 aromatic carbocycles. The molecule has 5 nitrogen and oxygen atoms in total. The number of hydrogen-bond acceptors (Lipinski definition) is 4. The highest BCUT2D eigenvalue weighted by Gasteiger charge is 2.08. The molecule has 2 heterocycles. The van der Waals surface area contributed by atoms with Crippen LogP contribution in [0.5, 0.6) is 5.75 Å². The molecular formula is C18H14N4O. The first-order valence-electron chi connectivity index (χ1n) is 7.33. The Morgan fingerprint density at radius 3 is 2.61 bits per heavy atom. The summed E-state index contributed by atoms with van der Waals surface area (Å²) in [6.07, 6.45) is 1.86. The number of hydrogen-bond donors (Lipinski definition) is 1. The first kappa shape index (κ1) is 13.5. The number of rotatable bonds is 3. The molecule has 0 bridgehead atoms. The van der Waals surface area contributed by atoms with Crippen molar-refractivity contribution in [3.63, 3.8) is 0 Å². The number of benzene rings is 2. The molecule has 0 atom stereocenters. The number of para-hydroxylation sites is 1. The summed E-state index contributed by atoms with van der Waals surface area (Å²) < 4.78 is 1.78. The van der Waals surface area contributed by atoms with Crippen molar-refractivity contribution in [2.24, 2.45) is 0 Å². The van der Waals surface area contributed by atoms with Gasteiger partial charge in [-0.2, -0.15) is 0 Å². The van der Waals surface area contributed by atoms with Crippen LogP contribution in [0.3, 0.4) is 0 Å². The third-order valence-electron chi connectivity index (χ3n) is 3.69. The van der Waals surface area contributed by atoms with Gasteiger partial charge < -0.3 is 5.11 Å². The third-order valence-corrected chi connectivity index (χ3v) is 3.69. The van der Waals surface area contributed by atoms with Crippen LogP contribution >= 0.6 is 0 Å². The lowest BCUT2D eigenvalue weighted by molar-refractivity contribution is 0.480. The zero-order chi connectivity index (χ0) is 15.6. The van der Waals surface area contributed by atoms with Crippen molar-refractivity contribution in [2.45, 2.75) is 6.54 Å². The van der Waals surface area contributed by atoms with E-state index in [1.165, 1.54) is 0 Å². The highest BCUT2D eigenvalue weighted by Crippen LogP contribution is 2.25. The van der Waals surface area contributed by atoms with Crippen LogP contribution in [-0.4, -0.2) is 25.1 Å². The second-order valence-electron chi connectivity index (χ2n) is 5.33. The molecule has 0 saturated carbocycles. The number of phenolic OH excluding ortho intramolecular Hbond substituents is 1. The monoisotopic (exact) mass is 302 g/mol. The summed E-state index contributed by atoms with van der Waals surface area (Å²) in [5.41, 5.74) is 3.11. The Labute approximate surface area is 132 Å². The van der Waals surface area contributed by atoms with E-state index < -0.39 is 0 Å². The van der Waals surface area contributed by atoms with E-state index in [4.69, 9.17) is 0 Å². The molecule has 0 aliphatic rings. The normalized spacial score (nSPS) is 11.0. The van der Waals surface area contributed by atoms with Gasteiger partial charge in [-0.25, -0.2) is 9.67 Å². The molecular weight excluding hydrogens is 288 g/mol. The van der Waals surface area contributed by atoms with Crippen molar-refractivity contribution in [2.75, 3.05) is 0 Å². The van der Waals surface area contributed by atoms with Gasteiger partial charge in [-0.3, -0.25) is 0 Å². The first-order chi connectivity index (χ1) is 11.3. The van der Waals surface area contributed by atoms with Gasteiger partial charge in [0.1, 0.15) is 17.0 Å². The lowest BCUT2D eigenvalue weighted by atomic mass is 10.1. The summed E-state index contributed by atoms with van der Waals surface area (Å²) in [7, 11) is 0. The lowest BCUT2D eigenvalue weighted by Gasteiger charge is -2.02. The van der Waals surface area contributed by atoms with Crippen LogP contribution in [0.25, 0.3) is 22.3 Å². The van der Waals surface area contributed by atoms with Crippen LogP contribution in [-0.2, 0) is 6.54 Å². The highest BCUT2D eigenvalue weighted by molar-refractivity contribution is 5.86. The molecule has 4 rings (SSSR count). The van der Waals surface area contributed by atoms with E-state index in [2.05, 4.69) is 15.3 Å². The van der Waals surface area contributed by atoms with Crippen LogP contribution < -0.4 is 0 Å². The van der Waals surface area contributed by atoms with Crippen molar-refractivity contribution < 1.29 is 5.11 Å². The zero-order valence-corrected chi connectivity index (χ0v) is 12.3. The van der Waals surface area contributed by atoms with Crippen LogP contribution in [0.2, 0.25) is 0 Å². The number of aromatic nitrogens is 4. The fourth-order valence-electron chi connectivity index (χ4n) is 2.54. The topological polar surface area (TPSA) is 63.8 Å².